The van der Waals surface area contributed by atoms with Crippen LogP contribution in [0.15, 0.2) is 12.1 Å². The van der Waals surface area contributed by atoms with Crippen molar-refractivity contribution in [1.29, 1.82) is 0 Å². The molecule has 140 valence electrons. The fourth-order valence-electron chi connectivity index (χ4n) is 2.46. The Kier molecular flexibility index (Phi) is 7.54. The summed E-state index contributed by atoms with van der Waals surface area (Å²) in [4.78, 5) is 26.5. The van der Waals surface area contributed by atoms with Gasteiger partial charge in [-0.3, -0.25) is 9.59 Å². The van der Waals surface area contributed by atoms with Crippen molar-refractivity contribution in [2.24, 2.45) is 5.92 Å². The minimum absolute atomic E-state index is 0.144. The van der Waals surface area contributed by atoms with Gasteiger partial charge in [-0.05, 0) is 24.5 Å². The molecule has 0 saturated heterocycles. The predicted octanol–water partition coefficient (Wildman–Crippen LogP) is 1.95. The second kappa shape index (κ2) is 9.15. The van der Waals surface area contributed by atoms with Gasteiger partial charge in [-0.25, -0.2) is 0 Å². The number of rotatable bonds is 8. The summed E-state index contributed by atoms with van der Waals surface area (Å²) in [7, 11) is 7.79. The number of ether oxygens (including phenoxy) is 3. The summed E-state index contributed by atoms with van der Waals surface area (Å²) in [6.07, 6.45) is 0.549. The van der Waals surface area contributed by atoms with Crippen molar-refractivity contribution < 1.29 is 23.8 Å². The fraction of sp³-hybridized carbons (Fsp3) is 0.556. The van der Waals surface area contributed by atoms with E-state index in [1.54, 1.807) is 26.2 Å². The molecule has 0 saturated carbocycles. The molecule has 0 fully saturated rings. The van der Waals surface area contributed by atoms with Crippen LogP contribution in [0.5, 0.6) is 17.2 Å². The van der Waals surface area contributed by atoms with Crippen LogP contribution in [0.3, 0.4) is 0 Å². The highest BCUT2D eigenvalue weighted by atomic mass is 16.5. The third-order valence-electron chi connectivity index (χ3n) is 3.68. The smallest absolute Gasteiger partial charge is 0.252 e. The van der Waals surface area contributed by atoms with E-state index in [2.05, 4.69) is 5.32 Å². The standard InChI is InChI=1S/C18H28N2O5/c1-11(2)8-13(18(22)20(3)4)19-17(21)12-9-14(23-5)16(25-7)15(10-12)24-6/h9-11,13H,8H2,1-7H3,(H,19,21). The third kappa shape index (κ3) is 5.27. The number of nitrogens with one attached hydrogen (secondary N) is 1. The van der Waals surface area contributed by atoms with Gasteiger partial charge in [0.25, 0.3) is 5.91 Å². The van der Waals surface area contributed by atoms with Gasteiger partial charge < -0.3 is 24.4 Å². The van der Waals surface area contributed by atoms with E-state index in [9.17, 15) is 9.59 Å². The van der Waals surface area contributed by atoms with E-state index in [-0.39, 0.29) is 17.7 Å². The van der Waals surface area contributed by atoms with Crippen LogP contribution in [0.2, 0.25) is 0 Å². The average Bonchev–Trinajstić information content (AvgIpc) is 2.58. The third-order valence-corrected chi connectivity index (χ3v) is 3.68. The van der Waals surface area contributed by atoms with Crippen molar-refractivity contribution in [2.75, 3.05) is 35.4 Å². The Hall–Kier alpha value is -2.44. The first kappa shape index (κ1) is 20.6. The van der Waals surface area contributed by atoms with E-state index in [1.165, 1.54) is 26.2 Å². The molecular formula is C18H28N2O5. The number of methoxy groups -OCH3 is 3. The summed E-state index contributed by atoms with van der Waals surface area (Å²) >= 11 is 0. The zero-order valence-electron chi connectivity index (χ0n) is 16.0. The van der Waals surface area contributed by atoms with Gasteiger partial charge in [-0.2, -0.15) is 0 Å². The van der Waals surface area contributed by atoms with Crippen LogP contribution < -0.4 is 19.5 Å². The average molecular weight is 352 g/mol. The number of likely N-dealkylation sites (N-methyl/N-ethyl adjacent to an activating group) is 1. The van der Waals surface area contributed by atoms with Crippen LogP contribution in [-0.4, -0.2) is 58.2 Å². The molecule has 1 N–H and O–H groups in total. The Bertz CT molecular complexity index is 588. The Balaban J connectivity index is 3.14. The summed E-state index contributed by atoms with van der Waals surface area (Å²) in [5.41, 5.74) is 0.329. The number of benzene rings is 1. The number of amides is 2. The molecule has 0 radical (unpaired) electrons. The molecule has 1 atom stereocenters. The van der Waals surface area contributed by atoms with Crippen molar-refractivity contribution in [3.63, 3.8) is 0 Å². The SMILES string of the molecule is COc1cc(C(=O)NC(CC(C)C)C(=O)N(C)C)cc(OC)c1OC. The lowest BCUT2D eigenvalue weighted by Gasteiger charge is -2.23. The van der Waals surface area contributed by atoms with E-state index in [0.29, 0.717) is 29.2 Å². The van der Waals surface area contributed by atoms with Crippen LogP contribution in [0, 0.1) is 5.92 Å². The lowest BCUT2D eigenvalue weighted by molar-refractivity contribution is -0.131. The highest BCUT2D eigenvalue weighted by Crippen LogP contribution is 2.38. The molecule has 0 bridgehead atoms. The Morgan fingerprint density at radius 2 is 1.56 bits per heavy atom. The van der Waals surface area contributed by atoms with Crippen molar-refractivity contribution in [1.82, 2.24) is 10.2 Å². The number of hydrogen-bond donors (Lipinski definition) is 1. The summed E-state index contributed by atoms with van der Waals surface area (Å²) in [5.74, 6) is 0.908. The molecule has 0 aliphatic carbocycles. The van der Waals surface area contributed by atoms with Gasteiger partial charge in [0.1, 0.15) is 6.04 Å². The first-order valence-corrected chi connectivity index (χ1v) is 8.07. The maximum Gasteiger partial charge on any atom is 0.252 e. The minimum Gasteiger partial charge on any atom is -0.493 e. The normalized spacial score (nSPS) is 11.7. The van der Waals surface area contributed by atoms with Crippen molar-refractivity contribution >= 4 is 11.8 Å². The van der Waals surface area contributed by atoms with E-state index in [0.717, 1.165) is 0 Å². The van der Waals surface area contributed by atoms with Crippen LogP contribution in [0.25, 0.3) is 0 Å². The largest absolute Gasteiger partial charge is 0.493 e. The minimum atomic E-state index is -0.596. The monoisotopic (exact) mass is 352 g/mol. The van der Waals surface area contributed by atoms with Crippen LogP contribution in [-0.2, 0) is 4.79 Å². The van der Waals surface area contributed by atoms with Gasteiger partial charge in [0, 0.05) is 19.7 Å². The van der Waals surface area contributed by atoms with E-state index in [1.807, 2.05) is 13.8 Å². The van der Waals surface area contributed by atoms with Gasteiger partial charge >= 0.3 is 0 Å². The number of nitrogens with zero attached hydrogens (tertiary/aromatic N) is 1. The summed E-state index contributed by atoms with van der Waals surface area (Å²) in [6, 6.07) is 2.52. The van der Waals surface area contributed by atoms with Gasteiger partial charge in [-0.15, -0.1) is 0 Å². The molecule has 0 aromatic heterocycles. The molecule has 0 spiro atoms. The Morgan fingerprint density at radius 3 is 1.92 bits per heavy atom. The van der Waals surface area contributed by atoms with Crippen LogP contribution in [0.4, 0.5) is 0 Å². The Morgan fingerprint density at radius 1 is 1.04 bits per heavy atom. The Labute approximate surface area is 149 Å². The maximum atomic E-state index is 12.7. The molecule has 0 heterocycles. The number of carbonyl (C=O) groups excluding carboxylic acids is 2. The van der Waals surface area contributed by atoms with Crippen molar-refractivity contribution in [3.8, 4) is 17.2 Å². The lowest BCUT2D eigenvalue weighted by atomic mass is 10.0. The van der Waals surface area contributed by atoms with Gasteiger partial charge in [0.2, 0.25) is 11.7 Å². The number of hydrogen-bond acceptors (Lipinski definition) is 5. The van der Waals surface area contributed by atoms with Crippen LogP contribution >= 0.6 is 0 Å². The molecule has 7 nitrogen and oxygen atoms in total. The molecule has 0 aliphatic rings. The van der Waals surface area contributed by atoms with E-state index < -0.39 is 6.04 Å². The molecule has 1 aromatic rings. The van der Waals surface area contributed by atoms with Gasteiger partial charge in [0.15, 0.2) is 11.5 Å². The molecule has 1 aromatic carbocycles. The molecule has 0 aliphatic heterocycles. The summed E-state index contributed by atoms with van der Waals surface area (Å²) in [5, 5.41) is 2.80. The highest BCUT2D eigenvalue weighted by Gasteiger charge is 2.25. The van der Waals surface area contributed by atoms with Gasteiger partial charge in [-0.1, -0.05) is 13.8 Å². The lowest BCUT2D eigenvalue weighted by Crippen LogP contribution is -2.46. The van der Waals surface area contributed by atoms with Crippen molar-refractivity contribution in [2.45, 2.75) is 26.3 Å². The second-order valence-corrected chi connectivity index (χ2v) is 6.30. The zero-order valence-corrected chi connectivity index (χ0v) is 16.0. The molecular weight excluding hydrogens is 324 g/mol. The molecule has 25 heavy (non-hydrogen) atoms. The second-order valence-electron chi connectivity index (χ2n) is 6.30. The van der Waals surface area contributed by atoms with Crippen LogP contribution in [0.1, 0.15) is 30.6 Å². The predicted molar refractivity (Wildman–Crippen MR) is 95.5 cm³/mol. The fourth-order valence-corrected chi connectivity index (χ4v) is 2.46. The number of carbonyl (C=O) groups is 2. The topological polar surface area (TPSA) is 77.1 Å². The molecule has 1 rings (SSSR count). The molecule has 7 heteroatoms. The van der Waals surface area contributed by atoms with E-state index >= 15 is 0 Å². The first-order chi connectivity index (χ1) is 11.7. The molecule has 1 unspecified atom stereocenters. The highest BCUT2D eigenvalue weighted by molar-refractivity contribution is 5.98. The first-order valence-electron chi connectivity index (χ1n) is 8.07. The summed E-state index contributed by atoms with van der Waals surface area (Å²) in [6.45, 7) is 4.00. The van der Waals surface area contributed by atoms with E-state index in [4.69, 9.17) is 14.2 Å². The molecule has 2 amide bonds. The maximum absolute atomic E-state index is 12.7. The zero-order chi connectivity index (χ0) is 19.1. The van der Waals surface area contributed by atoms with Crippen molar-refractivity contribution in [3.05, 3.63) is 17.7 Å². The summed E-state index contributed by atoms with van der Waals surface area (Å²) < 4.78 is 15.8. The quantitative estimate of drug-likeness (QED) is 0.774. The van der Waals surface area contributed by atoms with Gasteiger partial charge in [0.05, 0.1) is 21.3 Å².